The number of hydrogen-bond acceptors (Lipinski definition) is 7. The number of nitrogens with zero attached hydrogens (tertiary/aromatic N) is 4. The van der Waals surface area contributed by atoms with Crippen LogP contribution in [0.2, 0.25) is 0 Å². The van der Waals surface area contributed by atoms with Gasteiger partial charge in [0, 0.05) is 16.3 Å². The van der Waals surface area contributed by atoms with Crippen molar-refractivity contribution in [1.29, 1.82) is 0 Å². The number of aromatic nitrogens is 4. The van der Waals surface area contributed by atoms with Gasteiger partial charge >= 0.3 is 0 Å². The van der Waals surface area contributed by atoms with Gasteiger partial charge in [-0.25, -0.2) is 13.1 Å². The zero-order valence-electron chi connectivity index (χ0n) is 10.7. The molecule has 0 atom stereocenters. The lowest BCUT2D eigenvalue weighted by atomic mass is 10.3. The lowest BCUT2D eigenvalue weighted by molar-refractivity contribution is 0.602. The molecule has 8 nitrogen and oxygen atoms in total. The van der Waals surface area contributed by atoms with Gasteiger partial charge in [0.05, 0.1) is 12.8 Å². The number of nitrogens with two attached hydrogens (primary N) is 1. The average molecular weight is 314 g/mol. The second kappa shape index (κ2) is 6.09. The van der Waals surface area contributed by atoms with Crippen LogP contribution in [0, 0.1) is 0 Å². The fourth-order valence-electron chi connectivity index (χ4n) is 1.39. The van der Waals surface area contributed by atoms with E-state index >= 15 is 0 Å². The van der Waals surface area contributed by atoms with E-state index in [0.29, 0.717) is 11.4 Å². The summed E-state index contributed by atoms with van der Waals surface area (Å²) in [6.07, 6.45) is 0. The number of thioether (sulfide) groups is 1. The standard InChI is InChI=1S/C10H14N6O2S2/c1-16-13-10(12-15-16)14-20(17,18)7-6-19-9-5-3-2-4-8(9)11/h2-5H,6-7,11H2,1H3,(H,13,14). The maximum Gasteiger partial charge on any atom is 0.276 e. The van der Waals surface area contributed by atoms with Crippen LogP contribution in [0.25, 0.3) is 0 Å². The normalized spacial score (nSPS) is 11.4. The zero-order chi connectivity index (χ0) is 14.6. The summed E-state index contributed by atoms with van der Waals surface area (Å²) >= 11 is 1.38. The Bertz CT molecular complexity index is 685. The summed E-state index contributed by atoms with van der Waals surface area (Å²) in [4.78, 5) is 2.04. The molecule has 20 heavy (non-hydrogen) atoms. The van der Waals surface area contributed by atoms with Gasteiger partial charge in [-0.15, -0.1) is 16.9 Å². The van der Waals surface area contributed by atoms with Crippen molar-refractivity contribution < 1.29 is 8.42 Å². The van der Waals surface area contributed by atoms with E-state index in [1.807, 2.05) is 18.2 Å². The molecular weight excluding hydrogens is 300 g/mol. The zero-order valence-corrected chi connectivity index (χ0v) is 12.4. The highest BCUT2D eigenvalue weighted by Crippen LogP contribution is 2.24. The lowest BCUT2D eigenvalue weighted by Crippen LogP contribution is -2.19. The fourth-order valence-corrected chi connectivity index (χ4v) is 3.69. The SMILES string of the molecule is Cn1nnc(NS(=O)(=O)CCSc2ccccc2N)n1. The number of anilines is 2. The van der Waals surface area contributed by atoms with Crippen molar-refractivity contribution in [2.45, 2.75) is 4.90 Å². The van der Waals surface area contributed by atoms with Gasteiger partial charge in [-0.05, 0) is 17.3 Å². The number of nitrogen functional groups attached to an aromatic ring is 1. The van der Waals surface area contributed by atoms with Gasteiger partial charge in [-0.3, -0.25) is 0 Å². The van der Waals surface area contributed by atoms with Crippen LogP contribution in [0.4, 0.5) is 11.6 Å². The minimum atomic E-state index is -3.49. The number of sulfonamides is 1. The van der Waals surface area contributed by atoms with E-state index in [1.165, 1.54) is 16.6 Å². The number of benzene rings is 1. The van der Waals surface area contributed by atoms with Gasteiger partial charge in [-0.2, -0.15) is 4.80 Å². The van der Waals surface area contributed by atoms with Gasteiger partial charge in [0.25, 0.3) is 5.95 Å². The molecule has 0 amide bonds. The first-order valence-electron chi connectivity index (χ1n) is 5.68. The Hall–Kier alpha value is -1.81. The molecule has 1 aromatic carbocycles. The van der Waals surface area contributed by atoms with Crippen LogP contribution in [0.5, 0.6) is 0 Å². The predicted molar refractivity (Wildman–Crippen MR) is 77.8 cm³/mol. The third kappa shape index (κ3) is 4.10. The number of tetrazole rings is 1. The molecule has 0 aliphatic carbocycles. The molecule has 0 spiro atoms. The molecule has 0 aliphatic heterocycles. The molecule has 10 heteroatoms. The third-order valence-electron chi connectivity index (χ3n) is 2.28. The summed E-state index contributed by atoms with van der Waals surface area (Å²) in [6, 6.07) is 7.31. The van der Waals surface area contributed by atoms with Gasteiger partial charge in [0.1, 0.15) is 0 Å². The highest BCUT2D eigenvalue weighted by atomic mass is 32.2. The highest BCUT2D eigenvalue weighted by Gasteiger charge is 2.13. The molecule has 1 heterocycles. The quantitative estimate of drug-likeness (QED) is 0.583. The Balaban J connectivity index is 1.88. The van der Waals surface area contributed by atoms with E-state index in [4.69, 9.17) is 5.73 Å². The fraction of sp³-hybridized carbons (Fsp3) is 0.300. The molecule has 0 saturated carbocycles. The molecule has 0 unspecified atom stereocenters. The maximum absolute atomic E-state index is 11.8. The summed E-state index contributed by atoms with van der Waals surface area (Å²) in [5.41, 5.74) is 6.42. The summed E-state index contributed by atoms with van der Waals surface area (Å²) in [5.74, 6) is 0.283. The van der Waals surface area contributed by atoms with E-state index < -0.39 is 10.0 Å². The van der Waals surface area contributed by atoms with Crippen LogP contribution in [-0.2, 0) is 17.1 Å². The van der Waals surface area contributed by atoms with Crippen molar-refractivity contribution in [2.24, 2.45) is 7.05 Å². The van der Waals surface area contributed by atoms with Crippen molar-refractivity contribution in [3.8, 4) is 0 Å². The Kier molecular flexibility index (Phi) is 4.45. The molecule has 3 N–H and O–H groups in total. The van der Waals surface area contributed by atoms with Crippen LogP contribution < -0.4 is 10.5 Å². The molecule has 0 fully saturated rings. The second-order valence-corrected chi connectivity index (χ2v) is 6.89. The molecule has 2 aromatic rings. The largest absolute Gasteiger partial charge is 0.398 e. The summed E-state index contributed by atoms with van der Waals surface area (Å²) in [7, 11) is -1.94. The van der Waals surface area contributed by atoms with Gasteiger partial charge in [-0.1, -0.05) is 17.2 Å². The predicted octanol–water partition coefficient (Wildman–Crippen LogP) is 0.326. The van der Waals surface area contributed by atoms with Crippen LogP contribution >= 0.6 is 11.8 Å². The van der Waals surface area contributed by atoms with Crippen molar-refractivity contribution in [2.75, 3.05) is 22.0 Å². The van der Waals surface area contributed by atoms with Crippen LogP contribution in [-0.4, -0.2) is 40.1 Å². The lowest BCUT2D eigenvalue weighted by Gasteiger charge is -2.06. The van der Waals surface area contributed by atoms with E-state index in [9.17, 15) is 8.42 Å². The Morgan fingerprint density at radius 1 is 1.40 bits per heavy atom. The monoisotopic (exact) mass is 314 g/mol. The Morgan fingerprint density at radius 3 is 2.80 bits per heavy atom. The van der Waals surface area contributed by atoms with Crippen molar-refractivity contribution >= 4 is 33.4 Å². The number of hydrogen-bond donors (Lipinski definition) is 2. The molecule has 0 radical (unpaired) electrons. The van der Waals surface area contributed by atoms with Gasteiger partial charge in [0.2, 0.25) is 10.0 Å². The highest BCUT2D eigenvalue weighted by molar-refractivity contribution is 8.01. The summed E-state index contributed by atoms with van der Waals surface area (Å²) in [5, 5.41) is 10.9. The molecular formula is C10H14N6O2S2. The van der Waals surface area contributed by atoms with E-state index in [2.05, 4.69) is 20.1 Å². The molecule has 108 valence electrons. The van der Waals surface area contributed by atoms with Gasteiger partial charge in [0.15, 0.2) is 0 Å². The second-order valence-electron chi connectivity index (χ2n) is 3.91. The first-order valence-corrected chi connectivity index (χ1v) is 8.32. The maximum atomic E-state index is 11.8. The molecule has 1 aromatic heterocycles. The van der Waals surface area contributed by atoms with Crippen molar-refractivity contribution in [1.82, 2.24) is 20.2 Å². The first kappa shape index (κ1) is 14.6. The average Bonchev–Trinajstić information content (AvgIpc) is 2.76. The molecule has 0 aliphatic rings. The van der Waals surface area contributed by atoms with Crippen LogP contribution in [0.15, 0.2) is 29.2 Å². The molecule has 2 rings (SSSR count). The minimum absolute atomic E-state index is 0.0308. The third-order valence-corrected chi connectivity index (χ3v) is 4.87. The topological polar surface area (TPSA) is 116 Å². The van der Waals surface area contributed by atoms with E-state index in [-0.39, 0.29) is 11.7 Å². The number of rotatable bonds is 6. The number of nitrogens with one attached hydrogen (secondary N) is 1. The Labute approximate surface area is 120 Å². The minimum Gasteiger partial charge on any atom is -0.398 e. The van der Waals surface area contributed by atoms with E-state index in [0.717, 1.165) is 4.90 Å². The van der Waals surface area contributed by atoms with Crippen LogP contribution in [0.3, 0.4) is 0 Å². The number of para-hydroxylation sites is 1. The first-order chi connectivity index (χ1) is 9.46. The number of aryl methyl sites for hydroxylation is 1. The Morgan fingerprint density at radius 2 is 2.15 bits per heavy atom. The summed E-state index contributed by atoms with van der Waals surface area (Å²) < 4.78 is 25.9. The van der Waals surface area contributed by atoms with Gasteiger partial charge < -0.3 is 5.73 Å². The van der Waals surface area contributed by atoms with Crippen LogP contribution in [0.1, 0.15) is 0 Å². The molecule has 0 bridgehead atoms. The van der Waals surface area contributed by atoms with Crippen molar-refractivity contribution in [3.63, 3.8) is 0 Å². The van der Waals surface area contributed by atoms with E-state index in [1.54, 1.807) is 13.1 Å². The van der Waals surface area contributed by atoms with Crippen molar-refractivity contribution in [3.05, 3.63) is 24.3 Å². The molecule has 0 saturated heterocycles. The smallest absolute Gasteiger partial charge is 0.276 e. The summed E-state index contributed by atoms with van der Waals surface area (Å²) in [6.45, 7) is 0.